The maximum Gasteiger partial charge on any atom is 0.248 e. The van der Waals surface area contributed by atoms with Crippen LogP contribution in [0.25, 0.3) is 0 Å². The number of benzene rings is 1. The highest BCUT2D eigenvalue weighted by Gasteiger charge is 2.27. The van der Waals surface area contributed by atoms with Crippen LogP contribution in [0.3, 0.4) is 0 Å². The second-order valence-electron chi connectivity index (χ2n) is 6.79. The highest BCUT2D eigenvalue weighted by molar-refractivity contribution is 5.92. The number of ether oxygens (including phenoxy) is 1. The Kier molecular flexibility index (Phi) is 5.84. The third-order valence-corrected chi connectivity index (χ3v) is 4.97. The molecule has 0 radical (unpaired) electrons. The monoisotopic (exact) mass is 333 g/mol. The van der Waals surface area contributed by atoms with Crippen LogP contribution in [0.15, 0.2) is 24.3 Å². The molecule has 0 aromatic heterocycles. The van der Waals surface area contributed by atoms with Gasteiger partial charge in [0.2, 0.25) is 5.91 Å². The van der Waals surface area contributed by atoms with Crippen molar-refractivity contribution in [3.63, 3.8) is 0 Å². The minimum Gasteiger partial charge on any atom is -0.390 e. The number of nitrogens with zero attached hydrogens (tertiary/aromatic N) is 2. The van der Waals surface area contributed by atoms with Crippen LogP contribution in [0.5, 0.6) is 0 Å². The number of aliphatic hydroxyl groups excluding tert-OH is 1. The van der Waals surface area contributed by atoms with Gasteiger partial charge >= 0.3 is 0 Å². The second kappa shape index (κ2) is 8.07. The van der Waals surface area contributed by atoms with Crippen LogP contribution < -0.4 is 5.73 Å². The number of nitrogens with two attached hydrogens (primary N) is 1. The van der Waals surface area contributed by atoms with E-state index in [0.717, 1.165) is 57.8 Å². The predicted octanol–water partition coefficient (Wildman–Crippen LogP) is 0.443. The van der Waals surface area contributed by atoms with Crippen LogP contribution in [0.1, 0.15) is 28.8 Å². The van der Waals surface area contributed by atoms with Gasteiger partial charge in [-0.05, 0) is 30.5 Å². The molecule has 2 aliphatic heterocycles. The number of primary amides is 1. The van der Waals surface area contributed by atoms with Gasteiger partial charge in [-0.15, -0.1) is 0 Å². The minimum absolute atomic E-state index is 0.333. The molecule has 132 valence electrons. The lowest BCUT2D eigenvalue weighted by atomic mass is 10.1. The summed E-state index contributed by atoms with van der Waals surface area (Å²) in [7, 11) is 0. The van der Waals surface area contributed by atoms with Crippen LogP contribution in [0, 0.1) is 0 Å². The highest BCUT2D eigenvalue weighted by atomic mass is 16.5. The quantitative estimate of drug-likeness (QED) is 0.836. The van der Waals surface area contributed by atoms with Gasteiger partial charge in [0.1, 0.15) is 0 Å². The molecule has 2 saturated heterocycles. The molecule has 0 saturated carbocycles. The first-order valence-electron chi connectivity index (χ1n) is 8.73. The Balaban J connectivity index is 1.57. The van der Waals surface area contributed by atoms with E-state index in [2.05, 4.69) is 9.80 Å². The topological polar surface area (TPSA) is 79.0 Å². The standard InChI is InChI=1S/C18H27N3O3/c19-18(23)15-3-1-14(2-4-15)11-20-7-8-21(13-17(22)12-20)16-5-9-24-10-6-16/h1-4,16-17,22H,5-13H2,(H2,19,23)/t17-/m1/s1. The molecule has 1 atom stereocenters. The van der Waals surface area contributed by atoms with E-state index in [0.29, 0.717) is 18.2 Å². The predicted molar refractivity (Wildman–Crippen MR) is 91.7 cm³/mol. The van der Waals surface area contributed by atoms with Crippen LogP contribution >= 0.6 is 0 Å². The maximum absolute atomic E-state index is 11.1. The fraction of sp³-hybridized carbons (Fsp3) is 0.611. The van der Waals surface area contributed by atoms with Gasteiger partial charge in [0, 0.05) is 57.5 Å². The smallest absolute Gasteiger partial charge is 0.248 e. The van der Waals surface area contributed by atoms with E-state index in [1.807, 2.05) is 12.1 Å². The second-order valence-corrected chi connectivity index (χ2v) is 6.79. The number of aliphatic hydroxyl groups is 1. The summed E-state index contributed by atoms with van der Waals surface area (Å²) in [5.41, 5.74) is 6.94. The average Bonchev–Trinajstić information content (AvgIpc) is 2.77. The van der Waals surface area contributed by atoms with Crippen LogP contribution in [-0.4, -0.2) is 72.4 Å². The Morgan fingerprint density at radius 3 is 2.54 bits per heavy atom. The Hall–Kier alpha value is -1.47. The van der Waals surface area contributed by atoms with Crippen molar-refractivity contribution in [2.75, 3.05) is 39.4 Å². The van der Waals surface area contributed by atoms with Gasteiger partial charge < -0.3 is 15.6 Å². The number of β-amino-alcohol motifs (C(OH)–C–C–N with tert-alkyl or cyclic N) is 1. The maximum atomic E-state index is 11.1. The summed E-state index contributed by atoms with van der Waals surface area (Å²) in [6.45, 7) is 5.75. The number of rotatable bonds is 4. The van der Waals surface area contributed by atoms with Crippen LogP contribution in [-0.2, 0) is 11.3 Å². The molecule has 2 aliphatic rings. The zero-order valence-electron chi connectivity index (χ0n) is 14.1. The van der Waals surface area contributed by atoms with Crippen molar-refractivity contribution in [3.05, 3.63) is 35.4 Å². The number of carbonyl (C=O) groups excluding carboxylic acids is 1. The number of amides is 1. The first-order chi connectivity index (χ1) is 11.6. The minimum atomic E-state index is -0.404. The molecule has 1 aromatic rings. The van der Waals surface area contributed by atoms with Crippen molar-refractivity contribution in [1.82, 2.24) is 9.80 Å². The lowest BCUT2D eigenvalue weighted by Crippen LogP contribution is -2.43. The fourth-order valence-corrected chi connectivity index (χ4v) is 3.64. The third-order valence-electron chi connectivity index (χ3n) is 4.97. The van der Waals surface area contributed by atoms with E-state index in [1.165, 1.54) is 0 Å². The third kappa shape index (κ3) is 4.54. The molecule has 0 aliphatic carbocycles. The Labute approximate surface area is 143 Å². The van der Waals surface area contributed by atoms with Crippen molar-refractivity contribution in [2.45, 2.75) is 31.5 Å². The molecule has 0 bridgehead atoms. The van der Waals surface area contributed by atoms with Gasteiger partial charge in [0.05, 0.1) is 6.10 Å². The number of hydrogen-bond donors (Lipinski definition) is 2. The van der Waals surface area contributed by atoms with Crippen molar-refractivity contribution >= 4 is 5.91 Å². The molecule has 3 N–H and O–H groups in total. The lowest BCUT2D eigenvalue weighted by Gasteiger charge is -2.33. The number of carbonyl (C=O) groups is 1. The van der Waals surface area contributed by atoms with E-state index in [1.54, 1.807) is 12.1 Å². The summed E-state index contributed by atoms with van der Waals surface area (Å²) in [6.07, 6.45) is 1.78. The summed E-state index contributed by atoms with van der Waals surface area (Å²) in [4.78, 5) is 15.8. The van der Waals surface area contributed by atoms with Gasteiger partial charge in [-0.25, -0.2) is 0 Å². The SMILES string of the molecule is NC(=O)c1ccc(CN2CCN(C3CCOCC3)C[C@H](O)C2)cc1. The summed E-state index contributed by atoms with van der Waals surface area (Å²) in [5.74, 6) is -0.404. The summed E-state index contributed by atoms with van der Waals surface area (Å²) in [6, 6.07) is 7.94. The zero-order valence-corrected chi connectivity index (χ0v) is 14.1. The molecule has 0 unspecified atom stereocenters. The average molecular weight is 333 g/mol. The molecule has 2 fully saturated rings. The highest BCUT2D eigenvalue weighted by Crippen LogP contribution is 2.18. The van der Waals surface area contributed by atoms with Crippen molar-refractivity contribution in [2.24, 2.45) is 5.73 Å². The van der Waals surface area contributed by atoms with Crippen molar-refractivity contribution < 1.29 is 14.6 Å². The van der Waals surface area contributed by atoms with Crippen LogP contribution in [0.4, 0.5) is 0 Å². The molecule has 1 amide bonds. The number of hydrogen-bond acceptors (Lipinski definition) is 5. The largest absolute Gasteiger partial charge is 0.390 e. The molecular weight excluding hydrogens is 306 g/mol. The molecule has 1 aromatic carbocycles. The van der Waals surface area contributed by atoms with E-state index in [-0.39, 0.29) is 6.10 Å². The normalized spacial score (nSPS) is 24.6. The van der Waals surface area contributed by atoms with Gasteiger partial charge in [-0.1, -0.05) is 12.1 Å². The van der Waals surface area contributed by atoms with Gasteiger partial charge in [0.15, 0.2) is 0 Å². The Morgan fingerprint density at radius 2 is 1.88 bits per heavy atom. The van der Waals surface area contributed by atoms with E-state index >= 15 is 0 Å². The molecular formula is C18H27N3O3. The van der Waals surface area contributed by atoms with Gasteiger partial charge in [0.25, 0.3) is 0 Å². The van der Waals surface area contributed by atoms with Gasteiger partial charge in [-0.3, -0.25) is 14.6 Å². The zero-order chi connectivity index (χ0) is 16.9. The Bertz CT molecular complexity index is 543. The molecule has 6 heteroatoms. The van der Waals surface area contributed by atoms with Crippen molar-refractivity contribution in [1.29, 1.82) is 0 Å². The molecule has 6 nitrogen and oxygen atoms in total. The van der Waals surface area contributed by atoms with E-state index in [9.17, 15) is 9.90 Å². The van der Waals surface area contributed by atoms with Crippen molar-refractivity contribution in [3.8, 4) is 0 Å². The first kappa shape index (κ1) is 17.4. The molecule has 3 rings (SSSR count). The molecule has 0 spiro atoms. The summed E-state index contributed by atoms with van der Waals surface area (Å²) >= 11 is 0. The van der Waals surface area contributed by atoms with Crippen LogP contribution in [0.2, 0.25) is 0 Å². The lowest BCUT2D eigenvalue weighted by molar-refractivity contribution is 0.0217. The van der Waals surface area contributed by atoms with E-state index in [4.69, 9.17) is 10.5 Å². The van der Waals surface area contributed by atoms with Gasteiger partial charge in [-0.2, -0.15) is 0 Å². The first-order valence-corrected chi connectivity index (χ1v) is 8.73. The Morgan fingerprint density at radius 1 is 1.17 bits per heavy atom. The molecule has 24 heavy (non-hydrogen) atoms. The summed E-state index contributed by atoms with van der Waals surface area (Å²) < 4.78 is 5.44. The molecule has 2 heterocycles. The fourth-order valence-electron chi connectivity index (χ4n) is 3.64. The van der Waals surface area contributed by atoms with E-state index < -0.39 is 5.91 Å². The summed E-state index contributed by atoms with van der Waals surface area (Å²) in [5, 5.41) is 10.4.